The molecule has 4 heteroatoms. The van der Waals surface area contributed by atoms with Crippen LogP contribution in [0.4, 0.5) is 0 Å². The van der Waals surface area contributed by atoms with Crippen molar-refractivity contribution in [3.63, 3.8) is 0 Å². The van der Waals surface area contributed by atoms with Crippen LogP contribution in [-0.4, -0.2) is 40.9 Å². The summed E-state index contributed by atoms with van der Waals surface area (Å²) in [6.45, 7) is 5.11. The molecule has 0 saturated carbocycles. The number of piperidine rings is 1. The predicted molar refractivity (Wildman–Crippen MR) is 70.6 cm³/mol. The van der Waals surface area contributed by atoms with Gasteiger partial charge >= 0.3 is 0 Å². The van der Waals surface area contributed by atoms with Crippen LogP contribution in [-0.2, 0) is 4.79 Å². The zero-order chi connectivity index (χ0) is 12.0. The summed E-state index contributed by atoms with van der Waals surface area (Å²) < 4.78 is 0. The van der Waals surface area contributed by atoms with E-state index in [1.54, 1.807) is 11.8 Å². The Kier molecular flexibility index (Phi) is 6.21. The molecule has 0 radical (unpaired) electrons. The second-order valence-electron chi connectivity index (χ2n) is 4.64. The average Bonchev–Trinajstić information content (AvgIpc) is 2.28. The first-order valence-electron chi connectivity index (χ1n) is 6.28. The van der Waals surface area contributed by atoms with Crippen LogP contribution in [0.1, 0.15) is 39.5 Å². The molecule has 0 aliphatic carbocycles. The fourth-order valence-electron chi connectivity index (χ4n) is 2.17. The van der Waals surface area contributed by atoms with Gasteiger partial charge in [-0.2, -0.15) is 11.8 Å². The summed E-state index contributed by atoms with van der Waals surface area (Å²) in [5.41, 5.74) is 5.66. The molecule has 3 nitrogen and oxygen atoms in total. The number of hydrogen-bond acceptors (Lipinski definition) is 3. The van der Waals surface area contributed by atoms with Gasteiger partial charge in [0.05, 0.1) is 5.75 Å². The third-order valence-corrected chi connectivity index (χ3v) is 4.24. The second-order valence-corrected chi connectivity index (χ2v) is 5.67. The van der Waals surface area contributed by atoms with Crippen molar-refractivity contribution in [3.8, 4) is 0 Å². The van der Waals surface area contributed by atoms with Crippen molar-refractivity contribution in [2.75, 3.05) is 18.1 Å². The van der Waals surface area contributed by atoms with Gasteiger partial charge in [0.2, 0.25) is 5.91 Å². The predicted octanol–water partition coefficient (Wildman–Crippen LogP) is 1.86. The molecule has 1 fully saturated rings. The monoisotopic (exact) mass is 244 g/mol. The zero-order valence-corrected chi connectivity index (χ0v) is 11.3. The van der Waals surface area contributed by atoms with E-state index in [0.29, 0.717) is 17.7 Å². The topological polar surface area (TPSA) is 46.3 Å². The highest BCUT2D eigenvalue weighted by atomic mass is 32.2. The fourth-order valence-corrected chi connectivity index (χ4v) is 3.00. The number of hydrogen-bond donors (Lipinski definition) is 1. The summed E-state index contributed by atoms with van der Waals surface area (Å²) in [5.74, 6) is 1.77. The van der Waals surface area contributed by atoms with E-state index >= 15 is 0 Å². The Balaban J connectivity index is 2.33. The van der Waals surface area contributed by atoms with E-state index in [-0.39, 0.29) is 6.04 Å². The maximum atomic E-state index is 12.0. The van der Waals surface area contributed by atoms with E-state index in [0.717, 1.165) is 18.7 Å². The molecule has 0 bridgehead atoms. The smallest absolute Gasteiger partial charge is 0.232 e. The SMILES string of the molecule is CCC1CCCCN1C(=O)CSCC(C)N. The van der Waals surface area contributed by atoms with Crippen LogP contribution in [0.25, 0.3) is 0 Å². The molecule has 0 aromatic carbocycles. The molecule has 1 heterocycles. The summed E-state index contributed by atoms with van der Waals surface area (Å²) in [4.78, 5) is 14.1. The van der Waals surface area contributed by atoms with E-state index < -0.39 is 0 Å². The average molecular weight is 244 g/mol. The number of carbonyl (C=O) groups excluding carboxylic acids is 1. The van der Waals surface area contributed by atoms with Gasteiger partial charge in [0.1, 0.15) is 0 Å². The van der Waals surface area contributed by atoms with Crippen molar-refractivity contribution in [2.24, 2.45) is 5.73 Å². The van der Waals surface area contributed by atoms with Crippen LogP contribution in [0.15, 0.2) is 0 Å². The quantitative estimate of drug-likeness (QED) is 0.803. The van der Waals surface area contributed by atoms with Crippen molar-refractivity contribution in [1.82, 2.24) is 4.90 Å². The summed E-state index contributed by atoms with van der Waals surface area (Å²) in [6.07, 6.45) is 4.71. The lowest BCUT2D eigenvalue weighted by molar-refractivity contribution is -0.132. The molecule has 1 aliphatic heterocycles. The number of carbonyl (C=O) groups is 1. The Morgan fingerprint density at radius 3 is 2.94 bits per heavy atom. The molecule has 2 atom stereocenters. The summed E-state index contributed by atoms with van der Waals surface area (Å²) in [5, 5.41) is 0. The molecule has 1 aliphatic rings. The minimum Gasteiger partial charge on any atom is -0.339 e. The number of nitrogens with two attached hydrogens (primary N) is 1. The number of likely N-dealkylation sites (tertiary alicyclic amines) is 1. The molecule has 1 saturated heterocycles. The standard InChI is InChI=1S/C12H24N2OS/c1-3-11-6-4-5-7-14(11)12(15)9-16-8-10(2)13/h10-11H,3-9,13H2,1-2H3. The number of nitrogens with zero attached hydrogens (tertiary/aromatic N) is 1. The van der Waals surface area contributed by atoms with Crippen LogP contribution < -0.4 is 5.73 Å². The van der Waals surface area contributed by atoms with Gasteiger partial charge in [0, 0.05) is 24.4 Å². The number of rotatable bonds is 5. The third-order valence-electron chi connectivity index (χ3n) is 3.03. The summed E-state index contributed by atoms with van der Waals surface area (Å²) in [6, 6.07) is 0.665. The lowest BCUT2D eigenvalue weighted by Crippen LogP contribution is -2.44. The van der Waals surface area contributed by atoms with Gasteiger partial charge in [-0.25, -0.2) is 0 Å². The largest absolute Gasteiger partial charge is 0.339 e. The third kappa shape index (κ3) is 4.34. The molecular formula is C12H24N2OS. The molecule has 0 aromatic rings. The molecule has 16 heavy (non-hydrogen) atoms. The highest BCUT2D eigenvalue weighted by Crippen LogP contribution is 2.20. The van der Waals surface area contributed by atoms with Gasteiger partial charge < -0.3 is 10.6 Å². The van der Waals surface area contributed by atoms with Crippen LogP contribution in [0, 0.1) is 0 Å². The minimum atomic E-state index is 0.182. The maximum absolute atomic E-state index is 12.0. The van der Waals surface area contributed by atoms with Crippen molar-refractivity contribution >= 4 is 17.7 Å². The lowest BCUT2D eigenvalue weighted by Gasteiger charge is -2.35. The second kappa shape index (κ2) is 7.17. The molecule has 1 amide bonds. The number of amides is 1. The van der Waals surface area contributed by atoms with Gasteiger partial charge in [-0.05, 0) is 32.6 Å². The first kappa shape index (κ1) is 13.8. The molecule has 2 N–H and O–H groups in total. The highest BCUT2D eigenvalue weighted by Gasteiger charge is 2.24. The Labute approximate surface area is 103 Å². The normalized spacial score (nSPS) is 23.2. The van der Waals surface area contributed by atoms with Crippen LogP contribution in [0.5, 0.6) is 0 Å². The Morgan fingerprint density at radius 1 is 1.56 bits per heavy atom. The van der Waals surface area contributed by atoms with Crippen molar-refractivity contribution in [1.29, 1.82) is 0 Å². The van der Waals surface area contributed by atoms with Gasteiger partial charge in [0.25, 0.3) is 0 Å². The summed E-state index contributed by atoms with van der Waals surface area (Å²) >= 11 is 1.66. The molecule has 0 spiro atoms. The van der Waals surface area contributed by atoms with E-state index in [1.165, 1.54) is 19.3 Å². The van der Waals surface area contributed by atoms with E-state index in [9.17, 15) is 4.79 Å². The fraction of sp³-hybridized carbons (Fsp3) is 0.917. The first-order valence-corrected chi connectivity index (χ1v) is 7.43. The zero-order valence-electron chi connectivity index (χ0n) is 10.4. The highest BCUT2D eigenvalue weighted by molar-refractivity contribution is 7.99. The van der Waals surface area contributed by atoms with Gasteiger partial charge in [-0.3, -0.25) is 4.79 Å². The van der Waals surface area contributed by atoms with Crippen molar-refractivity contribution in [3.05, 3.63) is 0 Å². The van der Waals surface area contributed by atoms with Gasteiger partial charge in [-0.1, -0.05) is 6.92 Å². The van der Waals surface area contributed by atoms with Crippen LogP contribution >= 0.6 is 11.8 Å². The van der Waals surface area contributed by atoms with Gasteiger partial charge in [0.15, 0.2) is 0 Å². The Morgan fingerprint density at radius 2 is 2.31 bits per heavy atom. The molecule has 2 unspecified atom stereocenters. The Hall–Kier alpha value is -0.220. The van der Waals surface area contributed by atoms with E-state index in [1.807, 2.05) is 6.92 Å². The van der Waals surface area contributed by atoms with E-state index in [2.05, 4.69) is 11.8 Å². The minimum absolute atomic E-state index is 0.182. The molecular weight excluding hydrogens is 220 g/mol. The molecule has 0 aromatic heterocycles. The summed E-state index contributed by atoms with van der Waals surface area (Å²) in [7, 11) is 0. The Bertz CT molecular complexity index is 221. The maximum Gasteiger partial charge on any atom is 0.232 e. The van der Waals surface area contributed by atoms with Gasteiger partial charge in [-0.15, -0.1) is 0 Å². The molecule has 94 valence electrons. The van der Waals surface area contributed by atoms with E-state index in [4.69, 9.17) is 5.73 Å². The molecule has 1 rings (SSSR count). The van der Waals surface area contributed by atoms with Crippen molar-refractivity contribution in [2.45, 2.75) is 51.6 Å². The van der Waals surface area contributed by atoms with Crippen LogP contribution in [0.2, 0.25) is 0 Å². The first-order chi connectivity index (χ1) is 7.65. The van der Waals surface area contributed by atoms with Crippen molar-refractivity contribution < 1.29 is 4.79 Å². The lowest BCUT2D eigenvalue weighted by atomic mass is 10.0. The number of thioether (sulfide) groups is 1. The van der Waals surface area contributed by atoms with Crippen LogP contribution in [0.3, 0.4) is 0 Å².